The van der Waals surface area contributed by atoms with E-state index in [1.165, 1.54) is 12.3 Å². The van der Waals surface area contributed by atoms with E-state index in [0.29, 0.717) is 17.8 Å². The second kappa shape index (κ2) is 4.37. The van der Waals surface area contributed by atoms with E-state index in [0.717, 1.165) is 12.8 Å². The maximum Gasteiger partial charge on any atom is 0.289 e. The zero-order valence-electron chi connectivity index (χ0n) is 9.38. The first-order valence-electron chi connectivity index (χ1n) is 5.41. The van der Waals surface area contributed by atoms with Crippen LogP contribution in [0.15, 0.2) is 12.3 Å². The molecule has 0 amide bonds. The van der Waals surface area contributed by atoms with Crippen LogP contribution in [0.4, 0.5) is 11.5 Å². The number of nitrogens with zero attached hydrogens (tertiary/aromatic N) is 3. The van der Waals surface area contributed by atoms with Gasteiger partial charge in [0, 0.05) is 12.1 Å². The van der Waals surface area contributed by atoms with E-state index in [-0.39, 0.29) is 11.3 Å². The van der Waals surface area contributed by atoms with Gasteiger partial charge in [-0.15, -0.1) is 0 Å². The second-order valence-corrected chi connectivity index (χ2v) is 4.38. The Labute approximate surface area is 98.4 Å². The summed E-state index contributed by atoms with van der Waals surface area (Å²) in [6, 6.07) is 3.50. The van der Waals surface area contributed by atoms with Crippen molar-refractivity contribution in [2.24, 2.45) is 5.92 Å². The first kappa shape index (κ1) is 11.3. The number of hydrogen-bond donors (Lipinski definition) is 1. The largest absolute Gasteiger partial charge is 0.366 e. The molecule has 1 N–H and O–H groups in total. The van der Waals surface area contributed by atoms with Gasteiger partial charge in [0.25, 0.3) is 5.69 Å². The summed E-state index contributed by atoms with van der Waals surface area (Å²) in [5, 5.41) is 22.6. The van der Waals surface area contributed by atoms with E-state index in [1.807, 2.05) is 6.07 Å². The van der Waals surface area contributed by atoms with Crippen molar-refractivity contribution in [2.75, 3.05) is 5.32 Å². The van der Waals surface area contributed by atoms with E-state index >= 15 is 0 Å². The summed E-state index contributed by atoms with van der Waals surface area (Å²) < 4.78 is 0. The molecular weight excluding hydrogens is 220 g/mol. The van der Waals surface area contributed by atoms with Gasteiger partial charge in [0.2, 0.25) is 0 Å². The average Bonchev–Trinajstić information content (AvgIpc) is 2.27. The summed E-state index contributed by atoms with van der Waals surface area (Å²) in [4.78, 5) is 13.9. The van der Waals surface area contributed by atoms with Gasteiger partial charge in [-0.25, -0.2) is 4.98 Å². The zero-order chi connectivity index (χ0) is 12.4. The Balaban J connectivity index is 2.17. The summed E-state index contributed by atoms with van der Waals surface area (Å²) in [5.41, 5.74) is 0.0628. The molecule has 88 valence electrons. The Hall–Kier alpha value is -2.16. The van der Waals surface area contributed by atoms with E-state index in [4.69, 9.17) is 5.26 Å². The Morgan fingerprint density at radius 2 is 2.35 bits per heavy atom. The van der Waals surface area contributed by atoms with Gasteiger partial charge in [-0.2, -0.15) is 5.26 Å². The van der Waals surface area contributed by atoms with Gasteiger partial charge in [0.1, 0.15) is 23.6 Å². The molecule has 0 atom stereocenters. The second-order valence-electron chi connectivity index (χ2n) is 4.38. The maximum absolute atomic E-state index is 10.5. The molecule has 0 bridgehead atoms. The first-order valence-corrected chi connectivity index (χ1v) is 5.41. The van der Waals surface area contributed by atoms with Crippen LogP contribution < -0.4 is 5.32 Å². The lowest BCUT2D eigenvalue weighted by Crippen LogP contribution is -2.34. The molecule has 1 aliphatic rings. The zero-order valence-corrected chi connectivity index (χ0v) is 9.38. The summed E-state index contributed by atoms with van der Waals surface area (Å²) in [6.07, 6.45) is 3.26. The quantitative estimate of drug-likeness (QED) is 0.636. The minimum absolute atomic E-state index is 0.158. The minimum Gasteiger partial charge on any atom is -0.366 e. The average molecular weight is 232 g/mol. The molecule has 0 spiro atoms. The Bertz CT molecular complexity index is 489. The normalized spacial score (nSPS) is 22.4. The molecule has 6 heteroatoms. The Morgan fingerprint density at radius 3 is 2.88 bits per heavy atom. The molecule has 1 aromatic rings. The van der Waals surface area contributed by atoms with Gasteiger partial charge in [-0.1, -0.05) is 6.92 Å². The molecule has 1 saturated carbocycles. The van der Waals surface area contributed by atoms with Gasteiger partial charge in [0.15, 0.2) is 0 Å². The third-order valence-corrected chi connectivity index (χ3v) is 2.92. The Morgan fingerprint density at radius 1 is 1.65 bits per heavy atom. The SMILES string of the molecule is CC1CC(Nc2ncc([N+](=O)[O-])cc2C#N)C1. The van der Waals surface area contributed by atoms with Crippen molar-refractivity contribution in [3.05, 3.63) is 27.9 Å². The van der Waals surface area contributed by atoms with Crippen LogP contribution in [-0.2, 0) is 0 Å². The van der Waals surface area contributed by atoms with Crippen LogP contribution in [0, 0.1) is 27.4 Å². The fraction of sp³-hybridized carbons (Fsp3) is 0.455. The molecule has 17 heavy (non-hydrogen) atoms. The molecular formula is C11H12N4O2. The fourth-order valence-electron chi connectivity index (χ4n) is 1.97. The minimum atomic E-state index is -0.553. The number of anilines is 1. The molecule has 1 fully saturated rings. The van der Waals surface area contributed by atoms with Crippen LogP contribution in [0.5, 0.6) is 0 Å². The third kappa shape index (κ3) is 2.33. The van der Waals surface area contributed by atoms with Gasteiger partial charge in [-0.05, 0) is 18.8 Å². The number of nitrogens with one attached hydrogen (secondary N) is 1. The molecule has 0 aliphatic heterocycles. The van der Waals surface area contributed by atoms with Crippen molar-refractivity contribution in [1.29, 1.82) is 5.26 Å². The standard InChI is InChI=1S/C11H12N4O2/c1-7-2-9(3-7)14-11-8(5-12)4-10(6-13-11)15(16)17/h4,6-7,9H,2-3H2,1H3,(H,13,14). The van der Waals surface area contributed by atoms with Crippen molar-refractivity contribution in [2.45, 2.75) is 25.8 Å². The van der Waals surface area contributed by atoms with Crippen LogP contribution in [0.3, 0.4) is 0 Å². The van der Waals surface area contributed by atoms with Crippen LogP contribution in [0.1, 0.15) is 25.3 Å². The van der Waals surface area contributed by atoms with Crippen molar-refractivity contribution < 1.29 is 4.92 Å². The van der Waals surface area contributed by atoms with E-state index in [2.05, 4.69) is 17.2 Å². The van der Waals surface area contributed by atoms with Crippen molar-refractivity contribution in [3.8, 4) is 6.07 Å². The van der Waals surface area contributed by atoms with Gasteiger partial charge in [-0.3, -0.25) is 10.1 Å². The first-order chi connectivity index (χ1) is 8.10. The van der Waals surface area contributed by atoms with Crippen LogP contribution in [0.2, 0.25) is 0 Å². The highest BCUT2D eigenvalue weighted by atomic mass is 16.6. The topological polar surface area (TPSA) is 91.8 Å². The van der Waals surface area contributed by atoms with Gasteiger partial charge < -0.3 is 5.32 Å². The summed E-state index contributed by atoms with van der Waals surface area (Å²) >= 11 is 0. The predicted octanol–water partition coefficient (Wildman–Crippen LogP) is 2.07. The molecule has 1 aromatic heterocycles. The monoisotopic (exact) mass is 232 g/mol. The number of aromatic nitrogens is 1. The number of rotatable bonds is 3. The van der Waals surface area contributed by atoms with Crippen molar-refractivity contribution in [1.82, 2.24) is 4.98 Å². The highest BCUT2D eigenvalue weighted by Gasteiger charge is 2.26. The van der Waals surface area contributed by atoms with Crippen LogP contribution in [0.25, 0.3) is 0 Å². The molecule has 6 nitrogen and oxygen atoms in total. The lowest BCUT2D eigenvalue weighted by molar-refractivity contribution is -0.385. The van der Waals surface area contributed by atoms with E-state index < -0.39 is 4.92 Å². The molecule has 0 saturated heterocycles. The summed E-state index contributed by atoms with van der Waals surface area (Å²) in [5.74, 6) is 1.13. The highest BCUT2D eigenvalue weighted by molar-refractivity contribution is 5.56. The Kier molecular flexibility index (Phi) is 2.91. The molecule has 2 rings (SSSR count). The highest BCUT2D eigenvalue weighted by Crippen LogP contribution is 2.30. The van der Waals surface area contributed by atoms with Crippen LogP contribution in [-0.4, -0.2) is 15.9 Å². The maximum atomic E-state index is 10.5. The lowest BCUT2D eigenvalue weighted by Gasteiger charge is -2.33. The third-order valence-electron chi connectivity index (χ3n) is 2.92. The summed E-state index contributed by atoms with van der Waals surface area (Å²) in [7, 11) is 0. The molecule has 1 aliphatic carbocycles. The molecule has 1 heterocycles. The van der Waals surface area contributed by atoms with Crippen molar-refractivity contribution in [3.63, 3.8) is 0 Å². The number of nitriles is 1. The number of nitro groups is 1. The number of hydrogen-bond acceptors (Lipinski definition) is 5. The van der Waals surface area contributed by atoms with Gasteiger partial charge in [0.05, 0.1) is 4.92 Å². The lowest BCUT2D eigenvalue weighted by atomic mass is 9.82. The summed E-state index contributed by atoms with van der Waals surface area (Å²) in [6.45, 7) is 2.16. The van der Waals surface area contributed by atoms with Crippen LogP contribution >= 0.6 is 0 Å². The van der Waals surface area contributed by atoms with E-state index in [1.54, 1.807) is 0 Å². The predicted molar refractivity (Wildman–Crippen MR) is 61.4 cm³/mol. The van der Waals surface area contributed by atoms with E-state index in [9.17, 15) is 10.1 Å². The molecule has 0 unspecified atom stereocenters. The number of pyridine rings is 1. The molecule has 0 aromatic carbocycles. The smallest absolute Gasteiger partial charge is 0.289 e. The van der Waals surface area contributed by atoms with Crippen molar-refractivity contribution >= 4 is 11.5 Å². The fourth-order valence-corrected chi connectivity index (χ4v) is 1.97. The molecule has 0 radical (unpaired) electrons. The van der Waals surface area contributed by atoms with Gasteiger partial charge >= 0.3 is 0 Å².